The third-order valence-corrected chi connectivity index (χ3v) is 6.17. The highest BCUT2D eigenvalue weighted by Crippen LogP contribution is 2.31. The predicted octanol–water partition coefficient (Wildman–Crippen LogP) is 4.09. The molecule has 0 bridgehead atoms. The molecular weight excluding hydrogens is 316 g/mol. The van der Waals surface area contributed by atoms with Gasteiger partial charge in [0.05, 0.1) is 4.88 Å². The van der Waals surface area contributed by atoms with Gasteiger partial charge in [0.2, 0.25) is 0 Å². The Balaban J connectivity index is 1.42. The summed E-state index contributed by atoms with van der Waals surface area (Å²) < 4.78 is 0. The molecule has 4 rings (SSSR count). The van der Waals surface area contributed by atoms with Crippen LogP contribution in [0, 0.1) is 0 Å². The maximum absolute atomic E-state index is 12.8. The Morgan fingerprint density at radius 2 is 2.21 bits per heavy atom. The van der Waals surface area contributed by atoms with Gasteiger partial charge in [-0.2, -0.15) is 0 Å². The summed E-state index contributed by atoms with van der Waals surface area (Å²) in [4.78, 5) is 18.4. The monoisotopic (exact) mass is 342 g/mol. The van der Waals surface area contributed by atoms with Crippen molar-refractivity contribution in [3.05, 3.63) is 46.2 Å². The molecule has 1 aromatic heterocycles. The molecule has 1 amide bonds. The van der Waals surface area contributed by atoms with Gasteiger partial charge in [0, 0.05) is 31.7 Å². The number of allylic oxidation sites excluding steroid dienone is 1. The van der Waals surface area contributed by atoms with Crippen LogP contribution in [0.3, 0.4) is 0 Å². The van der Waals surface area contributed by atoms with Gasteiger partial charge in [-0.3, -0.25) is 9.69 Å². The lowest BCUT2D eigenvalue weighted by molar-refractivity contribution is 0.0757. The highest BCUT2D eigenvalue weighted by molar-refractivity contribution is 7.12. The number of thiophene rings is 1. The highest BCUT2D eigenvalue weighted by Gasteiger charge is 2.34. The van der Waals surface area contributed by atoms with Crippen molar-refractivity contribution in [2.24, 2.45) is 0 Å². The minimum absolute atomic E-state index is 0.225. The van der Waals surface area contributed by atoms with Crippen LogP contribution in [0.25, 0.3) is 0 Å². The van der Waals surface area contributed by atoms with Crippen LogP contribution in [-0.2, 0) is 0 Å². The van der Waals surface area contributed by atoms with Crippen LogP contribution in [0.15, 0.2) is 41.3 Å². The number of hydrogen-bond acceptors (Lipinski definition) is 3. The normalized spacial score (nSPS) is 24.7. The van der Waals surface area contributed by atoms with Crippen molar-refractivity contribution in [3.8, 4) is 0 Å². The molecule has 1 aliphatic heterocycles. The molecule has 0 radical (unpaired) electrons. The Morgan fingerprint density at radius 1 is 1.29 bits per heavy atom. The third kappa shape index (κ3) is 3.65. The Morgan fingerprint density at radius 3 is 2.92 bits per heavy atom. The van der Waals surface area contributed by atoms with Crippen LogP contribution >= 0.6 is 11.3 Å². The molecule has 128 valence electrons. The summed E-state index contributed by atoms with van der Waals surface area (Å²) in [6.07, 6.45) is 14.4. The highest BCUT2D eigenvalue weighted by atomic mass is 32.1. The molecule has 0 N–H and O–H groups in total. The van der Waals surface area contributed by atoms with Crippen molar-refractivity contribution >= 4 is 17.2 Å². The summed E-state index contributed by atoms with van der Waals surface area (Å²) in [5.41, 5.74) is 1.43. The Hall–Kier alpha value is -1.39. The second-order valence-corrected chi connectivity index (χ2v) is 8.14. The summed E-state index contributed by atoms with van der Waals surface area (Å²) in [5.74, 6) is 0.225. The molecule has 0 aromatic carbocycles. The lowest BCUT2D eigenvalue weighted by Crippen LogP contribution is -2.42. The Bertz CT molecular complexity index is 630. The predicted molar refractivity (Wildman–Crippen MR) is 99.4 cm³/mol. The second-order valence-electron chi connectivity index (χ2n) is 7.19. The van der Waals surface area contributed by atoms with Crippen molar-refractivity contribution in [1.82, 2.24) is 9.80 Å². The summed E-state index contributed by atoms with van der Waals surface area (Å²) >= 11 is 1.56. The summed E-state index contributed by atoms with van der Waals surface area (Å²) in [5, 5.41) is 2.00. The van der Waals surface area contributed by atoms with Gasteiger partial charge in [0.25, 0.3) is 5.91 Å². The maximum atomic E-state index is 12.8. The molecule has 3 aliphatic rings. The topological polar surface area (TPSA) is 23.6 Å². The van der Waals surface area contributed by atoms with E-state index in [2.05, 4.69) is 28.0 Å². The van der Waals surface area contributed by atoms with E-state index < -0.39 is 0 Å². The van der Waals surface area contributed by atoms with Crippen molar-refractivity contribution in [2.75, 3.05) is 19.6 Å². The molecule has 4 heteroatoms. The molecular formula is C20H26N2OS. The number of hydrogen-bond donors (Lipinski definition) is 0. The molecule has 0 spiro atoms. The number of amides is 1. The van der Waals surface area contributed by atoms with E-state index in [9.17, 15) is 4.79 Å². The molecule has 0 saturated heterocycles. The quantitative estimate of drug-likeness (QED) is 0.752. The van der Waals surface area contributed by atoms with E-state index in [1.54, 1.807) is 11.3 Å². The van der Waals surface area contributed by atoms with Crippen molar-refractivity contribution in [3.63, 3.8) is 0 Å². The molecule has 24 heavy (non-hydrogen) atoms. The van der Waals surface area contributed by atoms with Crippen LogP contribution in [-0.4, -0.2) is 47.4 Å². The first kappa shape index (κ1) is 16.1. The van der Waals surface area contributed by atoms with Gasteiger partial charge < -0.3 is 4.90 Å². The van der Waals surface area contributed by atoms with E-state index in [-0.39, 0.29) is 5.91 Å². The SMILES string of the molecule is O=C(c1cccs1)N(CC1=CCCN(C2C=CCCC2)C1)C1CC1. The average molecular weight is 343 g/mol. The maximum Gasteiger partial charge on any atom is 0.264 e. The van der Waals surface area contributed by atoms with Crippen molar-refractivity contribution in [2.45, 2.75) is 50.6 Å². The first-order valence-corrected chi connectivity index (χ1v) is 10.1. The fourth-order valence-corrected chi connectivity index (χ4v) is 4.53. The van der Waals surface area contributed by atoms with Crippen molar-refractivity contribution in [1.29, 1.82) is 0 Å². The van der Waals surface area contributed by atoms with Crippen LogP contribution in [0.5, 0.6) is 0 Å². The van der Waals surface area contributed by atoms with E-state index in [0.29, 0.717) is 12.1 Å². The van der Waals surface area contributed by atoms with Crippen LogP contribution < -0.4 is 0 Å². The fourth-order valence-electron chi connectivity index (χ4n) is 3.85. The summed E-state index contributed by atoms with van der Waals surface area (Å²) in [6.45, 7) is 2.99. The Labute approximate surface area is 148 Å². The molecule has 1 unspecified atom stereocenters. The molecule has 3 nitrogen and oxygen atoms in total. The van der Waals surface area contributed by atoms with Gasteiger partial charge in [-0.05, 0) is 55.5 Å². The number of rotatable bonds is 5. The average Bonchev–Trinajstić information content (AvgIpc) is 3.33. The van der Waals surface area contributed by atoms with E-state index in [0.717, 1.165) is 30.9 Å². The van der Waals surface area contributed by atoms with Crippen molar-refractivity contribution < 1.29 is 4.79 Å². The molecule has 1 saturated carbocycles. The molecule has 1 aromatic rings. The van der Waals surface area contributed by atoms with E-state index >= 15 is 0 Å². The van der Waals surface area contributed by atoms with Crippen LogP contribution in [0.2, 0.25) is 0 Å². The zero-order valence-electron chi connectivity index (χ0n) is 14.2. The minimum Gasteiger partial charge on any atom is -0.331 e. The third-order valence-electron chi connectivity index (χ3n) is 5.31. The zero-order valence-corrected chi connectivity index (χ0v) is 15.0. The first-order valence-electron chi connectivity index (χ1n) is 9.24. The first-order chi connectivity index (χ1) is 11.8. The number of carbonyl (C=O) groups excluding carboxylic acids is 1. The standard InChI is InChI=1S/C20H26N2OS/c23-20(19-9-5-13-24-19)22(18-10-11-18)15-16-6-4-12-21(14-16)17-7-2-1-3-8-17/h2,5-7,9,13,17-18H,1,3-4,8,10-12,14-15H2. The molecule has 2 heterocycles. The lowest BCUT2D eigenvalue weighted by atomic mass is 9.98. The largest absolute Gasteiger partial charge is 0.331 e. The van der Waals surface area contributed by atoms with Gasteiger partial charge in [-0.1, -0.05) is 24.3 Å². The van der Waals surface area contributed by atoms with Gasteiger partial charge in [0.1, 0.15) is 0 Å². The van der Waals surface area contributed by atoms with E-state index in [1.807, 2.05) is 17.5 Å². The molecule has 2 aliphatic carbocycles. The lowest BCUT2D eigenvalue weighted by Gasteiger charge is -2.36. The van der Waals surface area contributed by atoms with E-state index in [4.69, 9.17) is 0 Å². The molecule has 1 fully saturated rings. The second kappa shape index (κ2) is 7.24. The van der Waals surface area contributed by atoms with Crippen LogP contribution in [0.1, 0.15) is 48.2 Å². The number of carbonyl (C=O) groups is 1. The molecule has 1 atom stereocenters. The van der Waals surface area contributed by atoms with Gasteiger partial charge in [0.15, 0.2) is 0 Å². The number of nitrogens with zero attached hydrogens (tertiary/aromatic N) is 2. The minimum atomic E-state index is 0.225. The zero-order chi connectivity index (χ0) is 16.4. The van der Waals surface area contributed by atoms with Gasteiger partial charge >= 0.3 is 0 Å². The smallest absolute Gasteiger partial charge is 0.264 e. The summed E-state index contributed by atoms with van der Waals surface area (Å²) in [6, 6.07) is 4.99. The van der Waals surface area contributed by atoms with Crippen LogP contribution in [0.4, 0.5) is 0 Å². The summed E-state index contributed by atoms with van der Waals surface area (Å²) in [7, 11) is 0. The fraction of sp³-hybridized carbons (Fsp3) is 0.550. The Kier molecular flexibility index (Phi) is 4.86. The van der Waals surface area contributed by atoms with Gasteiger partial charge in [-0.15, -0.1) is 11.3 Å². The van der Waals surface area contributed by atoms with E-state index in [1.165, 1.54) is 37.7 Å². The van der Waals surface area contributed by atoms with Gasteiger partial charge in [-0.25, -0.2) is 0 Å².